The molecule has 0 spiro atoms. The van der Waals surface area contributed by atoms with Crippen LogP contribution in [0.15, 0.2) is 18.2 Å². The van der Waals surface area contributed by atoms with Crippen LogP contribution in [0.25, 0.3) is 0 Å². The molecule has 0 aliphatic carbocycles. The molecule has 2 amide bonds. The van der Waals surface area contributed by atoms with Crippen LogP contribution in [0.5, 0.6) is 0 Å². The summed E-state index contributed by atoms with van der Waals surface area (Å²) in [5, 5.41) is 0. The van der Waals surface area contributed by atoms with Crippen LogP contribution in [0.4, 0.5) is 5.69 Å². The zero-order valence-corrected chi connectivity index (χ0v) is 8.91. The van der Waals surface area contributed by atoms with E-state index in [1.165, 1.54) is 4.90 Å². The smallest absolute Gasteiger partial charge is 0.234 e. The molecular formula is C12H13NO2. The van der Waals surface area contributed by atoms with Gasteiger partial charge in [-0.25, -0.2) is 0 Å². The van der Waals surface area contributed by atoms with E-state index in [0.29, 0.717) is 12.8 Å². The summed E-state index contributed by atoms with van der Waals surface area (Å²) in [5.41, 5.74) is 2.84. The lowest BCUT2D eigenvalue weighted by atomic mass is 10.1. The van der Waals surface area contributed by atoms with E-state index in [9.17, 15) is 9.59 Å². The molecule has 1 aromatic rings. The molecule has 78 valence electrons. The fourth-order valence-corrected chi connectivity index (χ4v) is 1.82. The van der Waals surface area contributed by atoms with Gasteiger partial charge in [0.25, 0.3) is 0 Å². The number of benzene rings is 1. The van der Waals surface area contributed by atoms with Crippen molar-refractivity contribution in [3.63, 3.8) is 0 Å². The second-order valence-corrected chi connectivity index (χ2v) is 3.84. The molecule has 3 nitrogen and oxygen atoms in total. The highest BCUT2D eigenvalue weighted by Crippen LogP contribution is 2.27. The molecule has 1 heterocycles. The van der Waals surface area contributed by atoms with E-state index in [4.69, 9.17) is 0 Å². The van der Waals surface area contributed by atoms with Crippen molar-refractivity contribution in [3.05, 3.63) is 29.3 Å². The Kier molecular flexibility index (Phi) is 2.31. The number of hydrogen-bond donors (Lipinski definition) is 0. The summed E-state index contributed by atoms with van der Waals surface area (Å²) >= 11 is 0. The average molecular weight is 203 g/mol. The van der Waals surface area contributed by atoms with Crippen LogP contribution in [-0.2, 0) is 9.59 Å². The lowest BCUT2D eigenvalue weighted by Gasteiger charge is -2.17. The molecule has 0 aromatic heterocycles. The van der Waals surface area contributed by atoms with Gasteiger partial charge in [0.1, 0.15) is 0 Å². The third-order valence-corrected chi connectivity index (χ3v) is 2.87. The zero-order valence-electron chi connectivity index (χ0n) is 8.91. The summed E-state index contributed by atoms with van der Waals surface area (Å²) in [6.07, 6.45) is 0.679. The van der Waals surface area contributed by atoms with Gasteiger partial charge in [-0.05, 0) is 31.0 Å². The zero-order chi connectivity index (χ0) is 11.0. The first-order valence-corrected chi connectivity index (χ1v) is 5.03. The highest BCUT2D eigenvalue weighted by Gasteiger charge is 2.31. The minimum atomic E-state index is -0.0892. The molecule has 0 bridgehead atoms. The molecule has 1 saturated heterocycles. The maximum Gasteiger partial charge on any atom is 0.234 e. The van der Waals surface area contributed by atoms with Gasteiger partial charge in [-0.15, -0.1) is 0 Å². The van der Waals surface area contributed by atoms with E-state index in [1.54, 1.807) is 0 Å². The Morgan fingerprint density at radius 1 is 1.07 bits per heavy atom. The highest BCUT2D eigenvalue weighted by atomic mass is 16.2. The first-order valence-electron chi connectivity index (χ1n) is 5.03. The molecule has 0 atom stereocenters. The van der Waals surface area contributed by atoms with Gasteiger partial charge in [-0.3, -0.25) is 14.5 Å². The number of carbonyl (C=O) groups is 2. The summed E-state index contributed by atoms with van der Waals surface area (Å²) in [5.74, 6) is -0.178. The molecule has 2 rings (SSSR count). The number of imide groups is 1. The van der Waals surface area contributed by atoms with Crippen molar-refractivity contribution in [2.45, 2.75) is 26.7 Å². The number of anilines is 1. The Labute approximate surface area is 88.7 Å². The molecule has 0 unspecified atom stereocenters. The van der Waals surface area contributed by atoms with Gasteiger partial charge in [-0.1, -0.05) is 12.1 Å². The van der Waals surface area contributed by atoms with E-state index in [-0.39, 0.29) is 11.8 Å². The highest BCUT2D eigenvalue weighted by molar-refractivity contribution is 6.20. The van der Waals surface area contributed by atoms with Crippen LogP contribution in [0.3, 0.4) is 0 Å². The van der Waals surface area contributed by atoms with E-state index in [0.717, 1.165) is 16.8 Å². The SMILES string of the molecule is Cc1cccc(N2C(=O)CCC2=O)c1C. The van der Waals surface area contributed by atoms with Crippen LogP contribution in [0.1, 0.15) is 24.0 Å². The van der Waals surface area contributed by atoms with E-state index in [2.05, 4.69) is 0 Å². The lowest BCUT2D eigenvalue weighted by Crippen LogP contribution is -2.29. The Bertz CT molecular complexity index is 421. The van der Waals surface area contributed by atoms with Gasteiger partial charge in [-0.2, -0.15) is 0 Å². The molecule has 1 aliphatic rings. The molecular weight excluding hydrogens is 190 g/mol. The largest absolute Gasteiger partial charge is 0.274 e. The summed E-state index contributed by atoms with van der Waals surface area (Å²) < 4.78 is 0. The van der Waals surface area contributed by atoms with Crippen molar-refractivity contribution in [2.75, 3.05) is 4.90 Å². The van der Waals surface area contributed by atoms with E-state index < -0.39 is 0 Å². The number of rotatable bonds is 1. The third kappa shape index (κ3) is 1.54. The third-order valence-electron chi connectivity index (χ3n) is 2.87. The number of nitrogens with zero attached hydrogens (tertiary/aromatic N) is 1. The van der Waals surface area contributed by atoms with Crippen molar-refractivity contribution >= 4 is 17.5 Å². The van der Waals surface area contributed by atoms with Crippen LogP contribution in [0.2, 0.25) is 0 Å². The van der Waals surface area contributed by atoms with Crippen molar-refractivity contribution in [1.82, 2.24) is 0 Å². The molecule has 3 heteroatoms. The fourth-order valence-electron chi connectivity index (χ4n) is 1.82. The second kappa shape index (κ2) is 3.50. The quantitative estimate of drug-likeness (QED) is 0.654. The van der Waals surface area contributed by atoms with Crippen LogP contribution in [-0.4, -0.2) is 11.8 Å². The van der Waals surface area contributed by atoms with Crippen molar-refractivity contribution in [1.29, 1.82) is 0 Å². The van der Waals surface area contributed by atoms with Gasteiger partial charge < -0.3 is 0 Å². The van der Waals surface area contributed by atoms with Gasteiger partial charge in [0.2, 0.25) is 11.8 Å². The Morgan fingerprint density at radius 2 is 1.67 bits per heavy atom. The van der Waals surface area contributed by atoms with Gasteiger partial charge in [0.15, 0.2) is 0 Å². The minimum Gasteiger partial charge on any atom is -0.274 e. The normalized spacial score (nSPS) is 16.3. The molecule has 1 fully saturated rings. The van der Waals surface area contributed by atoms with Crippen LogP contribution >= 0.6 is 0 Å². The Hall–Kier alpha value is -1.64. The van der Waals surface area contributed by atoms with Crippen molar-refractivity contribution in [3.8, 4) is 0 Å². The van der Waals surface area contributed by atoms with E-state index >= 15 is 0 Å². The fraction of sp³-hybridized carbons (Fsp3) is 0.333. The Morgan fingerprint density at radius 3 is 2.27 bits per heavy atom. The maximum atomic E-state index is 11.6. The van der Waals surface area contributed by atoms with Crippen LogP contribution in [0, 0.1) is 13.8 Å². The second-order valence-electron chi connectivity index (χ2n) is 3.84. The predicted molar refractivity (Wildman–Crippen MR) is 57.6 cm³/mol. The molecule has 0 saturated carbocycles. The summed E-state index contributed by atoms with van der Waals surface area (Å²) in [4.78, 5) is 24.4. The summed E-state index contributed by atoms with van der Waals surface area (Å²) in [7, 11) is 0. The number of amides is 2. The lowest BCUT2D eigenvalue weighted by molar-refractivity contribution is -0.121. The standard InChI is InChI=1S/C12H13NO2/c1-8-4-3-5-10(9(8)2)13-11(14)6-7-12(13)15/h3-5H,6-7H2,1-2H3. The summed E-state index contributed by atoms with van der Waals surface area (Å²) in [6, 6.07) is 5.67. The van der Waals surface area contributed by atoms with Gasteiger partial charge in [0, 0.05) is 12.8 Å². The molecule has 1 aliphatic heterocycles. The molecule has 15 heavy (non-hydrogen) atoms. The first kappa shape index (κ1) is 9.90. The number of aryl methyl sites for hydroxylation is 1. The summed E-state index contributed by atoms with van der Waals surface area (Å²) in [6.45, 7) is 3.91. The topological polar surface area (TPSA) is 37.4 Å². The first-order chi connectivity index (χ1) is 7.11. The van der Waals surface area contributed by atoms with Gasteiger partial charge >= 0.3 is 0 Å². The predicted octanol–water partition coefficient (Wildman–Crippen LogP) is 1.96. The molecule has 0 radical (unpaired) electrons. The maximum absolute atomic E-state index is 11.6. The number of carbonyl (C=O) groups excluding carboxylic acids is 2. The van der Waals surface area contributed by atoms with Crippen LogP contribution < -0.4 is 4.90 Å². The minimum absolute atomic E-state index is 0.0892. The Balaban J connectivity index is 2.49. The van der Waals surface area contributed by atoms with Crippen molar-refractivity contribution < 1.29 is 9.59 Å². The van der Waals surface area contributed by atoms with E-state index in [1.807, 2.05) is 32.0 Å². The number of hydrogen-bond acceptors (Lipinski definition) is 2. The van der Waals surface area contributed by atoms with Crippen molar-refractivity contribution in [2.24, 2.45) is 0 Å². The van der Waals surface area contributed by atoms with Gasteiger partial charge in [0.05, 0.1) is 5.69 Å². The monoisotopic (exact) mass is 203 g/mol. The average Bonchev–Trinajstić information content (AvgIpc) is 2.52. The molecule has 1 aromatic carbocycles. The molecule has 0 N–H and O–H groups in total.